The summed E-state index contributed by atoms with van der Waals surface area (Å²) in [6, 6.07) is 9.90. The Bertz CT molecular complexity index is 907. The zero-order valence-electron chi connectivity index (χ0n) is 15.7. The molecule has 2 aromatic heterocycles. The number of aryl methyl sites for hydroxylation is 3. The van der Waals surface area contributed by atoms with Crippen LogP contribution in [0.3, 0.4) is 0 Å². The Labute approximate surface area is 153 Å². The third kappa shape index (κ3) is 3.69. The zero-order chi connectivity index (χ0) is 18.7. The van der Waals surface area contributed by atoms with Gasteiger partial charge in [-0.3, -0.25) is 4.79 Å². The molecule has 0 atom stereocenters. The van der Waals surface area contributed by atoms with Gasteiger partial charge < -0.3 is 14.3 Å². The van der Waals surface area contributed by atoms with Crippen molar-refractivity contribution in [3.05, 3.63) is 53.2 Å². The molecule has 0 saturated heterocycles. The van der Waals surface area contributed by atoms with Gasteiger partial charge in [0.05, 0.1) is 5.56 Å². The monoisotopic (exact) mass is 352 g/mol. The maximum atomic E-state index is 12.5. The molecule has 6 heteroatoms. The first kappa shape index (κ1) is 17.9. The number of carbonyl (C=O) groups excluding carboxylic acids is 1. The maximum absolute atomic E-state index is 12.5. The van der Waals surface area contributed by atoms with Crippen molar-refractivity contribution < 1.29 is 9.21 Å². The number of nitrogens with one attached hydrogen (secondary N) is 1. The van der Waals surface area contributed by atoms with Crippen molar-refractivity contribution >= 4 is 11.6 Å². The molecule has 0 radical (unpaired) electrons. The first-order chi connectivity index (χ1) is 12.5. The van der Waals surface area contributed by atoms with Crippen molar-refractivity contribution in [2.45, 2.75) is 47.1 Å². The fourth-order valence-electron chi connectivity index (χ4n) is 2.93. The molecule has 3 aromatic rings. The molecule has 26 heavy (non-hydrogen) atoms. The van der Waals surface area contributed by atoms with Crippen LogP contribution in [0.5, 0.6) is 0 Å². The smallest absolute Gasteiger partial charge is 0.249 e. The second-order valence-corrected chi connectivity index (χ2v) is 6.32. The molecule has 3 rings (SSSR count). The average molecular weight is 352 g/mol. The summed E-state index contributed by atoms with van der Waals surface area (Å²) in [7, 11) is 0. The molecule has 6 nitrogen and oxygen atoms in total. The highest BCUT2D eigenvalue weighted by atomic mass is 16.4. The number of carbonyl (C=O) groups is 1. The van der Waals surface area contributed by atoms with Crippen molar-refractivity contribution in [2.75, 3.05) is 5.32 Å². The molecular formula is C20H24N4O2. The Morgan fingerprint density at radius 3 is 2.46 bits per heavy atom. The summed E-state index contributed by atoms with van der Waals surface area (Å²) >= 11 is 0. The van der Waals surface area contributed by atoms with Crippen LogP contribution in [0.25, 0.3) is 11.5 Å². The zero-order valence-corrected chi connectivity index (χ0v) is 15.7. The summed E-state index contributed by atoms with van der Waals surface area (Å²) in [6.07, 6.45) is 1.68. The quantitative estimate of drug-likeness (QED) is 0.730. The van der Waals surface area contributed by atoms with Crippen molar-refractivity contribution in [3.8, 4) is 11.5 Å². The van der Waals surface area contributed by atoms with Crippen LogP contribution in [0.2, 0.25) is 0 Å². The molecule has 0 saturated carbocycles. The highest BCUT2D eigenvalue weighted by molar-refractivity contribution is 5.90. The first-order valence-electron chi connectivity index (χ1n) is 8.90. The number of aromatic nitrogens is 3. The van der Waals surface area contributed by atoms with Gasteiger partial charge in [0.15, 0.2) is 0 Å². The normalized spacial score (nSPS) is 10.9. The van der Waals surface area contributed by atoms with E-state index in [0.717, 1.165) is 29.1 Å². The van der Waals surface area contributed by atoms with E-state index in [1.807, 2.05) is 55.7 Å². The Hall–Kier alpha value is -2.89. The van der Waals surface area contributed by atoms with E-state index in [1.54, 1.807) is 0 Å². The van der Waals surface area contributed by atoms with Crippen LogP contribution in [0.1, 0.15) is 36.7 Å². The van der Waals surface area contributed by atoms with E-state index in [0.29, 0.717) is 18.2 Å². The van der Waals surface area contributed by atoms with Crippen LogP contribution >= 0.6 is 0 Å². The van der Waals surface area contributed by atoms with E-state index >= 15 is 0 Å². The largest absolute Gasteiger partial charge is 0.421 e. The van der Waals surface area contributed by atoms with Gasteiger partial charge in [-0.15, -0.1) is 10.2 Å². The van der Waals surface area contributed by atoms with Crippen molar-refractivity contribution in [3.63, 3.8) is 0 Å². The lowest BCUT2D eigenvalue weighted by Gasteiger charge is -2.10. The van der Waals surface area contributed by atoms with E-state index < -0.39 is 0 Å². The van der Waals surface area contributed by atoms with E-state index in [-0.39, 0.29) is 12.5 Å². The van der Waals surface area contributed by atoms with Crippen molar-refractivity contribution in [2.24, 2.45) is 0 Å². The summed E-state index contributed by atoms with van der Waals surface area (Å²) in [5.41, 5.74) is 4.83. The minimum absolute atomic E-state index is 0.0672. The highest BCUT2D eigenvalue weighted by Gasteiger charge is 2.17. The first-order valence-corrected chi connectivity index (χ1v) is 8.90. The van der Waals surface area contributed by atoms with E-state index in [1.165, 1.54) is 5.56 Å². The molecule has 1 N–H and O–H groups in total. The molecule has 0 aliphatic heterocycles. The van der Waals surface area contributed by atoms with Crippen LogP contribution in [0.4, 0.5) is 5.69 Å². The van der Waals surface area contributed by atoms with E-state index in [4.69, 9.17) is 4.42 Å². The van der Waals surface area contributed by atoms with Gasteiger partial charge in [-0.2, -0.15) is 0 Å². The molecule has 136 valence electrons. The van der Waals surface area contributed by atoms with Gasteiger partial charge in [-0.05, 0) is 44.0 Å². The van der Waals surface area contributed by atoms with Crippen LogP contribution < -0.4 is 5.32 Å². The molecular weight excluding hydrogens is 328 g/mol. The van der Waals surface area contributed by atoms with E-state index in [9.17, 15) is 4.79 Å². The average Bonchev–Trinajstić information content (AvgIpc) is 3.22. The summed E-state index contributed by atoms with van der Waals surface area (Å²) in [5, 5.41) is 11.1. The third-order valence-corrected chi connectivity index (χ3v) is 4.52. The van der Waals surface area contributed by atoms with Gasteiger partial charge in [0, 0.05) is 23.5 Å². The highest BCUT2D eigenvalue weighted by Crippen LogP contribution is 2.26. The van der Waals surface area contributed by atoms with Gasteiger partial charge >= 0.3 is 0 Å². The number of rotatable bonds is 6. The van der Waals surface area contributed by atoms with Gasteiger partial charge in [0.25, 0.3) is 0 Å². The SMILES string of the molecule is CCc1ccc(NC(=O)Cn2c(C)cc(-c3nnc(CC)o3)c2C)cc1. The fraction of sp³-hybridized carbons (Fsp3) is 0.350. The van der Waals surface area contributed by atoms with Gasteiger partial charge in [-0.1, -0.05) is 26.0 Å². The lowest BCUT2D eigenvalue weighted by Crippen LogP contribution is -2.20. The summed E-state index contributed by atoms with van der Waals surface area (Å²) < 4.78 is 7.61. The Balaban J connectivity index is 1.75. The standard InChI is InChI=1S/C20H24N4O2/c1-5-15-7-9-16(10-8-15)21-18(25)12-24-13(3)11-17(14(24)4)20-23-22-19(6-2)26-20/h7-11H,5-6,12H2,1-4H3,(H,21,25). The van der Waals surface area contributed by atoms with Gasteiger partial charge in [0.1, 0.15) is 6.54 Å². The predicted octanol–water partition coefficient (Wildman–Crippen LogP) is 3.92. The summed E-state index contributed by atoms with van der Waals surface area (Å²) in [6.45, 7) is 8.24. The van der Waals surface area contributed by atoms with Gasteiger partial charge in [0.2, 0.25) is 17.7 Å². The second kappa shape index (κ2) is 7.56. The number of hydrogen-bond acceptors (Lipinski definition) is 4. The minimum atomic E-state index is -0.0672. The second-order valence-electron chi connectivity index (χ2n) is 6.32. The Kier molecular flexibility index (Phi) is 5.21. The Morgan fingerprint density at radius 2 is 1.85 bits per heavy atom. The van der Waals surface area contributed by atoms with Crippen LogP contribution in [-0.2, 0) is 24.2 Å². The topological polar surface area (TPSA) is 73.0 Å². The number of hydrogen-bond donors (Lipinski definition) is 1. The third-order valence-electron chi connectivity index (χ3n) is 4.52. The predicted molar refractivity (Wildman–Crippen MR) is 101 cm³/mol. The molecule has 0 spiro atoms. The molecule has 0 aliphatic carbocycles. The number of benzene rings is 1. The summed E-state index contributed by atoms with van der Waals surface area (Å²) in [4.78, 5) is 12.5. The van der Waals surface area contributed by atoms with Gasteiger partial charge in [-0.25, -0.2) is 0 Å². The summed E-state index contributed by atoms with van der Waals surface area (Å²) in [5.74, 6) is 1.04. The van der Waals surface area contributed by atoms with Crippen LogP contribution in [-0.4, -0.2) is 20.7 Å². The molecule has 0 fully saturated rings. The molecule has 1 aromatic carbocycles. The Morgan fingerprint density at radius 1 is 1.12 bits per heavy atom. The number of amides is 1. The lowest BCUT2D eigenvalue weighted by atomic mass is 10.1. The van der Waals surface area contributed by atoms with Crippen LogP contribution in [0.15, 0.2) is 34.7 Å². The van der Waals surface area contributed by atoms with E-state index in [2.05, 4.69) is 22.4 Å². The maximum Gasteiger partial charge on any atom is 0.249 e. The molecule has 1 amide bonds. The van der Waals surface area contributed by atoms with Crippen molar-refractivity contribution in [1.82, 2.24) is 14.8 Å². The lowest BCUT2D eigenvalue weighted by molar-refractivity contribution is -0.116. The molecule has 0 aliphatic rings. The molecule has 2 heterocycles. The molecule has 0 bridgehead atoms. The fourth-order valence-corrected chi connectivity index (χ4v) is 2.93. The minimum Gasteiger partial charge on any atom is -0.421 e. The van der Waals surface area contributed by atoms with Crippen LogP contribution in [0, 0.1) is 13.8 Å². The number of anilines is 1. The number of nitrogens with zero attached hydrogens (tertiary/aromatic N) is 3. The molecule has 0 unspecified atom stereocenters. The van der Waals surface area contributed by atoms with Crippen molar-refractivity contribution in [1.29, 1.82) is 0 Å².